The fraction of sp³-hybridized carbons (Fsp3) is 0.625. The third-order valence-electron chi connectivity index (χ3n) is 2.87. The molecule has 0 aliphatic rings. The molecule has 0 spiro atoms. The fourth-order valence-electron chi connectivity index (χ4n) is 2.06. The monoisotopic (exact) mass is 265 g/mol. The molecule has 1 aromatic rings. The largest absolute Gasteiger partial charge is 0.491 e. The standard InChI is InChI=1S/C16H27NO2/c1-5-7-15(12-18-4)17-11-14-8-6-9-16(10-14)19-13(2)3/h6,8-10,13,15,17H,5,7,11-12H2,1-4H3. The van der Waals surface area contributed by atoms with Gasteiger partial charge in [-0.3, -0.25) is 0 Å². The summed E-state index contributed by atoms with van der Waals surface area (Å²) in [7, 11) is 1.75. The molecule has 1 atom stereocenters. The van der Waals surface area contributed by atoms with E-state index in [-0.39, 0.29) is 6.10 Å². The first-order valence-corrected chi connectivity index (χ1v) is 7.13. The molecule has 0 saturated carbocycles. The van der Waals surface area contributed by atoms with Crippen LogP contribution in [0.2, 0.25) is 0 Å². The molecule has 3 heteroatoms. The summed E-state index contributed by atoms with van der Waals surface area (Å²) in [4.78, 5) is 0. The zero-order chi connectivity index (χ0) is 14.1. The molecule has 0 heterocycles. The van der Waals surface area contributed by atoms with E-state index in [0.29, 0.717) is 6.04 Å². The first-order chi connectivity index (χ1) is 9.15. The SMILES string of the molecule is CCCC(COC)NCc1cccc(OC(C)C)c1. The Morgan fingerprint density at radius 2 is 2.05 bits per heavy atom. The second kappa shape index (κ2) is 8.94. The van der Waals surface area contributed by atoms with E-state index in [2.05, 4.69) is 24.4 Å². The van der Waals surface area contributed by atoms with Gasteiger partial charge in [0.15, 0.2) is 0 Å². The molecule has 1 N–H and O–H groups in total. The Balaban J connectivity index is 2.51. The molecule has 0 amide bonds. The summed E-state index contributed by atoms with van der Waals surface area (Å²) < 4.78 is 10.9. The highest BCUT2D eigenvalue weighted by atomic mass is 16.5. The van der Waals surface area contributed by atoms with Gasteiger partial charge in [0.2, 0.25) is 0 Å². The van der Waals surface area contributed by atoms with Crippen molar-refractivity contribution in [3.05, 3.63) is 29.8 Å². The Kier molecular flexibility index (Phi) is 7.53. The van der Waals surface area contributed by atoms with Crippen LogP contribution in [-0.2, 0) is 11.3 Å². The lowest BCUT2D eigenvalue weighted by atomic mass is 10.1. The van der Waals surface area contributed by atoms with E-state index in [0.717, 1.165) is 31.7 Å². The van der Waals surface area contributed by atoms with Gasteiger partial charge in [-0.25, -0.2) is 0 Å². The molecule has 108 valence electrons. The Labute approximate surface area is 117 Å². The number of ether oxygens (including phenoxy) is 2. The van der Waals surface area contributed by atoms with Crippen LogP contribution in [0, 0.1) is 0 Å². The number of hydrogen-bond acceptors (Lipinski definition) is 3. The van der Waals surface area contributed by atoms with Gasteiger partial charge in [-0.2, -0.15) is 0 Å². The van der Waals surface area contributed by atoms with Crippen LogP contribution in [0.4, 0.5) is 0 Å². The van der Waals surface area contributed by atoms with Crippen LogP contribution in [0.25, 0.3) is 0 Å². The van der Waals surface area contributed by atoms with Gasteiger partial charge >= 0.3 is 0 Å². The molecule has 0 aliphatic heterocycles. The molecule has 3 nitrogen and oxygen atoms in total. The predicted molar refractivity (Wildman–Crippen MR) is 79.6 cm³/mol. The molecule has 0 aliphatic carbocycles. The van der Waals surface area contributed by atoms with Crippen LogP contribution in [-0.4, -0.2) is 25.9 Å². The van der Waals surface area contributed by atoms with Crippen molar-refractivity contribution in [2.24, 2.45) is 0 Å². The first kappa shape index (κ1) is 16.0. The van der Waals surface area contributed by atoms with Gasteiger partial charge in [-0.15, -0.1) is 0 Å². The van der Waals surface area contributed by atoms with Crippen LogP contribution in [0.5, 0.6) is 5.75 Å². The summed E-state index contributed by atoms with van der Waals surface area (Å²) in [5, 5.41) is 3.54. The van der Waals surface area contributed by atoms with Crippen LogP contribution < -0.4 is 10.1 Å². The number of methoxy groups -OCH3 is 1. The maximum Gasteiger partial charge on any atom is 0.120 e. The van der Waals surface area contributed by atoms with Crippen molar-refractivity contribution < 1.29 is 9.47 Å². The van der Waals surface area contributed by atoms with Gasteiger partial charge in [0, 0.05) is 19.7 Å². The molecule has 1 aromatic carbocycles. The zero-order valence-corrected chi connectivity index (χ0v) is 12.6. The summed E-state index contributed by atoms with van der Waals surface area (Å²) in [6, 6.07) is 8.69. The molecule has 19 heavy (non-hydrogen) atoms. The topological polar surface area (TPSA) is 30.5 Å². The van der Waals surface area contributed by atoms with E-state index in [9.17, 15) is 0 Å². The number of benzene rings is 1. The third-order valence-corrected chi connectivity index (χ3v) is 2.87. The lowest BCUT2D eigenvalue weighted by Gasteiger charge is -2.17. The van der Waals surface area contributed by atoms with Crippen LogP contribution in [0.3, 0.4) is 0 Å². The van der Waals surface area contributed by atoms with Crippen LogP contribution in [0.1, 0.15) is 39.2 Å². The molecule has 1 rings (SSSR count). The number of hydrogen-bond donors (Lipinski definition) is 1. The highest BCUT2D eigenvalue weighted by molar-refractivity contribution is 5.28. The second-order valence-electron chi connectivity index (χ2n) is 5.14. The molecular weight excluding hydrogens is 238 g/mol. The average molecular weight is 265 g/mol. The number of rotatable bonds is 9. The smallest absolute Gasteiger partial charge is 0.120 e. The molecule has 0 aromatic heterocycles. The van der Waals surface area contributed by atoms with Crippen LogP contribution >= 0.6 is 0 Å². The normalized spacial score (nSPS) is 12.7. The predicted octanol–water partition coefficient (Wildman–Crippen LogP) is 3.38. The van der Waals surface area contributed by atoms with Gasteiger partial charge < -0.3 is 14.8 Å². The summed E-state index contributed by atoms with van der Waals surface area (Å²) in [6.07, 6.45) is 2.51. The highest BCUT2D eigenvalue weighted by Gasteiger charge is 2.07. The fourth-order valence-corrected chi connectivity index (χ4v) is 2.06. The van der Waals surface area contributed by atoms with E-state index in [1.54, 1.807) is 7.11 Å². The summed E-state index contributed by atoms with van der Waals surface area (Å²) in [5.41, 5.74) is 1.25. The molecule has 1 unspecified atom stereocenters. The van der Waals surface area contributed by atoms with Gasteiger partial charge in [0.1, 0.15) is 5.75 Å². The Morgan fingerprint density at radius 3 is 2.68 bits per heavy atom. The zero-order valence-electron chi connectivity index (χ0n) is 12.6. The number of nitrogens with one attached hydrogen (secondary N) is 1. The van der Waals surface area contributed by atoms with Crippen molar-refractivity contribution in [1.82, 2.24) is 5.32 Å². The third kappa shape index (κ3) is 6.60. The lowest BCUT2D eigenvalue weighted by Crippen LogP contribution is -2.32. The van der Waals surface area contributed by atoms with Crippen molar-refractivity contribution in [2.45, 2.75) is 52.3 Å². The van der Waals surface area contributed by atoms with Crippen molar-refractivity contribution in [2.75, 3.05) is 13.7 Å². The van der Waals surface area contributed by atoms with Crippen LogP contribution in [0.15, 0.2) is 24.3 Å². The summed E-state index contributed by atoms with van der Waals surface area (Å²) in [6.45, 7) is 7.89. The van der Waals surface area contributed by atoms with Crippen molar-refractivity contribution >= 4 is 0 Å². The molecule has 0 saturated heterocycles. The second-order valence-corrected chi connectivity index (χ2v) is 5.14. The van der Waals surface area contributed by atoms with E-state index >= 15 is 0 Å². The average Bonchev–Trinajstić information content (AvgIpc) is 2.36. The highest BCUT2D eigenvalue weighted by Crippen LogP contribution is 2.15. The quantitative estimate of drug-likeness (QED) is 0.742. The maximum atomic E-state index is 5.70. The van der Waals surface area contributed by atoms with E-state index < -0.39 is 0 Å². The van der Waals surface area contributed by atoms with Crippen molar-refractivity contribution in [3.63, 3.8) is 0 Å². The van der Waals surface area contributed by atoms with Gasteiger partial charge in [0.25, 0.3) is 0 Å². The summed E-state index contributed by atoms with van der Waals surface area (Å²) >= 11 is 0. The molecule has 0 fully saturated rings. The molecule has 0 radical (unpaired) electrons. The Morgan fingerprint density at radius 1 is 1.26 bits per heavy atom. The lowest BCUT2D eigenvalue weighted by molar-refractivity contribution is 0.161. The van der Waals surface area contributed by atoms with Crippen molar-refractivity contribution in [3.8, 4) is 5.75 Å². The van der Waals surface area contributed by atoms with Crippen molar-refractivity contribution in [1.29, 1.82) is 0 Å². The van der Waals surface area contributed by atoms with Gasteiger partial charge in [-0.05, 0) is 38.0 Å². The Bertz CT molecular complexity index is 346. The Hall–Kier alpha value is -1.06. The minimum Gasteiger partial charge on any atom is -0.491 e. The van der Waals surface area contributed by atoms with E-state index in [4.69, 9.17) is 9.47 Å². The summed E-state index contributed by atoms with van der Waals surface area (Å²) in [5.74, 6) is 0.938. The van der Waals surface area contributed by atoms with Gasteiger partial charge in [-0.1, -0.05) is 25.5 Å². The minimum absolute atomic E-state index is 0.213. The van der Waals surface area contributed by atoms with E-state index in [1.165, 1.54) is 5.56 Å². The molecular formula is C16H27NO2. The maximum absolute atomic E-state index is 5.70. The molecule has 0 bridgehead atoms. The first-order valence-electron chi connectivity index (χ1n) is 7.13. The van der Waals surface area contributed by atoms with Gasteiger partial charge in [0.05, 0.1) is 12.7 Å². The minimum atomic E-state index is 0.213. The van der Waals surface area contributed by atoms with E-state index in [1.807, 2.05) is 26.0 Å².